The molecule has 0 bridgehead atoms. The van der Waals surface area contributed by atoms with Gasteiger partial charge in [-0.3, -0.25) is 10.2 Å². The van der Waals surface area contributed by atoms with E-state index in [1.165, 1.54) is 6.20 Å². The van der Waals surface area contributed by atoms with Gasteiger partial charge in [0.05, 0.1) is 5.69 Å². The Hall–Kier alpha value is -2.30. The normalized spacial score (nSPS) is 10.4. The number of benzene rings is 1. The molecule has 0 aliphatic heterocycles. The molecule has 0 amide bonds. The van der Waals surface area contributed by atoms with Gasteiger partial charge in [-0.2, -0.15) is 4.68 Å². The average Bonchev–Trinajstić information content (AvgIpc) is 2.44. The molecule has 5 heteroatoms. The Morgan fingerprint density at radius 2 is 1.95 bits per heavy atom. The minimum absolute atomic E-state index is 0.291. The second kappa shape index (κ2) is 6.04. The zero-order chi connectivity index (χ0) is 13.7. The Kier molecular flexibility index (Phi) is 4.18. The maximum atomic E-state index is 12.2. The van der Waals surface area contributed by atoms with Crippen LogP contribution in [0.2, 0.25) is 0 Å². The highest BCUT2D eigenvalue weighted by Gasteiger charge is 2.06. The fraction of sp³-hybridized carbons (Fsp3) is 0.286. The molecule has 2 rings (SSSR count). The van der Waals surface area contributed by atoms with E-state index in [0.717, 1.165) is 17.5 Å². The summed E-state index contributed by atoms with van der Waals surface area (Å²) in [6.45, 7) is 2.06. The zero-order valence-corrected chi connectivity index (χ0v) is 10.8. The number of para-hydroxylation sites is 1. The summed E-state index contributed by atoms with van der Waals surface area (Å²) in [6, 6.07) is 9.13. The van der Waals surface area contributed by atoms with Gasteiger partial charge in [0.2, 0.25) is 0 Å². The molecule has 0 radical (unpaired) electrons. The fourth-order valence-corrected chi connectivity index (χ4v) is 1.80. The summed E-state index contributed by atoms with van der Waals surface area (Å²) in [5, 5.41) is 0. The molecule has 1 aromatic carbocycles. The van der Waals surface area contributed by atoms with Gasteiger partial charge in [-0.1, -0.05) is 31.5 Å². The van der Waals surface area contributed by atoms with Crippen molar-refractivity contribution in [2.24, 2.45) is 0 Å². The van der Waals surface area contributed by atoms with E-state index in [1.807, 2.05) is 18.2 Å². The van der Waals surface area contributed by atoms with Crippen LogP contribution in [0.3, 0.4) is 0 Å². The minimum atomic E-state index is -0.464. The molecule has 100 valence electrons. The molecule has 2 N–H and O–H groups in total. The van der Waals surface area contributed by atoms with Gasteiger partial charge in [-0.05, 0) is 25.0 Å². The molecule has 1 heterocycles. The second-order valence-corrected chi connectivity index (χ2v) is 4.34. The number of hydrogen-bond acceptors (Lipinski definition) is 3. The second-order valence-electron chi connectivity index (χ2n) is 4.34. The highest BCUT2D eigenvalue weighted by molar-refractivity contribution is 5.42. The Balaban J connectivity index is 2.34. The van der Waals surface area contributed by atoms with Gasteiger partial charge in [-0.25, -0.2) is 4.79 Å². The number of anilines is 1. The van der Waals surface area contributed by atoms with Crippen molar-refractivity contribution in [3.05, 3.63) is 62.9 Å². The average molecular weight is 259 g/mol. The van der Waals surface area contributed by atoms with E-state index in [9.17, 15) is 9.59 Å². The number of unbranched alkanes of at least 4 members (excludes halogenated alkanes) is 1. The third-order valence-corrected chi connectivity index (χ3v) is 2.87. The molecule has 19 heavy (non-hydrogen) atoms. The van der Waals surface area contributed by atoms with Gasteiger partial charge in [0.1, 0.15) is 0 Å². The van der Waals surface area contributed by atoms with Crippen LogP contribution in [0.4, 0.5) is 5.69 Å². The molecule has 0 aliphatic carbocycles. The monoisotopic (exact) mass is 259 g/mol. The Labute approximate surface area is 110 Å². The SMILES string of the molecule is CCCCc1c[nH]c(=O)n(Nc2ccccc2)c1=O. The highest BCUT2D eigenvalue weighted by Crippen LogP contribution is 2.04. The van der Waals surface area contributed by atoms with Crippen molar-refractivity contribution in [1.29, 1.82) is 0 Å². The lowest BCUT2D eigenvalue weighted by Gasteiger charge is -2.09. The molecular weight excluding hydrogens is 242 g/mol. The predicted molar refractivity (Wildman–Crippen MR) is 75.4 cm³/mol. The first-order valence-corrected chi connectivity index (χ1v) is 6.38. The summed E-state index contributed by atoms with van der Waals surface area (Å²) in [5.74, 6) is 0. The highest BCUT2D eigenvalue weighted by atomic mass is 16.2. The first-order chi connectivity index (χ1) is 9.22. The number of hydrogen-bond donors (Lipinski definition) is 2. The van der Waals surface area contributed by atoms with Crippen LogP contribution in [-0.2, 0) is 6.42 Å². The van der Waals surface area contributed by atoms with Crippen molar-refractivity contribution < 1.29 is 0 Å². The van der Waals surface area contributed by atoms with Crippen LogP contribution in [0.25, 0.3) is 0 Å². The largest absolute Gasteiger partial charge is 0.347 e. The minimum Gasteiger partial charge on any atom is -0.312 e. The van der Waals surface area contributed by atoms with E-state index in [-0.39, 0.29) is 5.56 Å². The molecule has 0 fully saturated rings. The number of aryl methyl sites for hydroxylation is 1. The summed E-state index contributed by atoms with van der Waals surface area (Å²) >= 11 is 0. The number of nitrogens with one attached hydrogen (secondary N) is 2. The maximum Gasteiger partial charge on any atom is 0.347 e. The number of H-pyrrole nitrogens is 1. The Bertz CT molecular complexity index is 644. The van der Waals surface area contributed by atoms with E-state index >= 15 is 0 Å². The third kappa shape index (κ3) is 3.13. The van der Waals surface area contributed by atoms with Crippen LogP contribution in [0.5, 0.6) is 0 Å². The van der Waals surface area contributed by atoms with Gasteiger partial charge in [-0.15, -0.1) is 0 Å². The van der Waals surface area contributed by atoms with Crippen molar-refractivity contribution in [2.75, 3.05) is 5.43 Å². The van der Waals surface area contributed by atoms with Crippen LogP contribution < -0.4 is 16.7 Å². The first kappa shape index (κ1) is 13.1. The summed E-state index contributed by atoms with van der Waals surface area (Å²) < 4.78 is 1.01. The van der Waals surface area contributed by atoms with Gasteiger partial charge in [0.15, 0.2) is 0 Å². The van der Waals surface area contributed by atoms with Crippen molar-refractivity contribution >= 4 is 5.69 Å². The van der Waals surface area contributed by atoms with Crippen LogP contribution in [0, 0.1) is 0 Å². The van der Waals surface area contributed by atoms with Crippen molar-refractivity contribution in [3.8, 4) is 0 Å². The molecule has 0 unspecified atom stereocenters. The summed E-state index contributed by atoms with van der Waals surface area (Å²) in [6.07, 6.45) is 4.10. The van der Waals surface area contributed by atoms with E-state index in [2.05, 4.69) is 17.3 Å². The maximum absolute atomic E-state index is 12.2. The molecule has 0 saturated heterocycles. The summed E-state index contributed by atoms with van der Waals surface area (Å²) in [7, 11) is 0. The van der Waals surface area contributed by atoms with E-state index < -0.39 is 5.69 Å². The quantitative estimate of drug-likeness (QED) is 0.859. The van der Waals surface area contributed by atoms with E-state index in [1.54, 1.807) is 12.1 Å². The predicted octanol–water partition coefficient (Wildman–Crippen LogP) is 1.75. The lowest BCUT2D eigenvalue weighted by molar-refractivity contribution is 0.738. The smallest absolute Gasteiger partial charge is 0.312 e. The van der Waals surface area contributed by atoms with Crippen LogP contribution in [0.1, 0.15) is 25.3 Å². The standard InChI is InChI=1S/C14H17N3O2/c1-2-3-7-11-10-15-14(19)17(13(11)18)16-12-8-5-4-6-9-12/h4-6,8-10,16H,2-3,7H2,1H3,(H,15,19). The molecular formula is C14H17N3O2. The number of rotatable bonds is 5. The molecule has 0 aliphatic rings. The van der Waals surface area contributed by atoms with Gasteiger partial charge in [0.25, 0.3) is 5.56 Å². The third-order valence-electron chi connectivity index (χ3n) is 2.87. The van der Waals surface area contributed by atoms with Crippen LogP contribution in [0.15, 0.2) is 46.1 Å². The topological polar surface area (TPSA) is 66.9 Å². The number of aromatic amines is 1. The van der Waals surface area contributed by atoms with Crippen LogP contribution in [-0.4, -0.2) is 9.66 Å². The first-order valence-electron chi connectivity index (χ1n) is 6.38. The van der Waals surface area contributed by atoms with E-state index in [0.29, 0.717) is 17.7 Å². The molecule has 2 aromatic rings. The summed E-state index contributed by atoms with van der Waals surface area (Å²) in [5.41, 5.74) is 3.38. The lowest BCUT2D eigenvalue weighted by Crippen LogP contribution is -2.41. The molecule has 1 aromatic heterocycles. The number of nitrogens with zero attached hydrogens (tertiary/aromatic N) is 1. The number of aromatic nitrogens is 2. The molecule has 0 saturated carbocycles. The molecule has 5 nitrogen and oxygen atoms in total. The Morgan fingerprint density at radius 1 is 1.21 bits per heavy atom. The van der Waals surface area contributed by atoms with Crippen molar-refractivity contribution in [2.45, 2.75) is 26.2 Å². The Morgan fingerprint density at radius 3 is 2.63 bits per heavy atom. The van der Waals surface area contributed by atoms with E-state index in [4.69, 9.17) is 0 Å². The van der Waals surface area contributed by atoms with Gasteiger partial charge < -0.3 is 4.98 Å². The molecule has 0 atom stereocenters. The summed E-state index contributed by atoms with van der Waals surface area (Å²) in [4.78, 5) is 26.5. The van der Waals surface area contributed by atoms with Crippen molar-refractivity contribution in [1.82, 2.24) is 9.66 Å². The lowest BCUT2D eigenvalue weighted by atomic mass is 10.1. The van der Waals surface area contributed by atoms with Crippen molar-refractivity contribution in [3.63, 3.8) is 0 Å². The van der Waals surface area contributed by atoms with Gasteiger partial charge >= 0.3 is 5.69 Å². The molecule has 0 spiro atoms. The van der Waals surface area contributed by atoms with Crippen LogP contribution >= 0.6 is 0 Å². The van der Waals surface area contributed by atoms with Gasteiger partial charge in [0, 0.05) is 11.8 Å². The fourth-order valence-electron chi connectivity index (χ4n) is 1.80. The zero-order valence-electron chi connectivity index (χ0n) is 10.8.